The van der Waals surface area contributed by atoms with Crippen molar-refractivity contribution in [2.24, 2.45) is 5.73 Å². The second-order valence-electron chi connectivity index (χ2n) is 15.1. The number of aliphatic carboxylic acids is 1. The molecule has 0 saturated heterocycles. The number of esters is 1. The van der Waals surface area contributed by atoms with Crippen molar-refractivity contribution in [2.45, 2.75) is 219 Å². The monoisotopic (exact) mass is 769 g/mol. The Bertz CT molecular complexity index is 1050. The maximum Gasteiger partial charge on any atom is 0.326 e. The Morgan fingerprint density at radius 2 is 1.05 bits per heavy atom. The molecule has 2 unspecified atom stereocenters. The summed E-state index contributed by atoms with van der Waals surface area (Å²) in [5, 5.41) is 11.9. The lowest BCUT2D eigenvalue weighted by Crippen LogP contribution is -2.40. The fourth-order valence-corrected chi connectivity index (χ4v) is 6.41. The Kier molecular flexibility index (Phi) is 40.0. The van der Waals surface area contributed by atoms with Crippen LogP contribution in [0.5, 0.6) is 0 Å². The number of allylic oxidation sites excluding steroid dienone is 9. The number of unbranched alkanes of at least 4 members (excludes halogenated alkanes) is 18. The molecule has 0 fully saturated rings. The van der Waals surface area contributed by atoms with E-state index in [0.717, 1.165) is 77.0 Å². The molecule has 0 aliphatic rings. The van der Waals surface area contributed by atoms with E-state index in [1.165, 1.54) is 89.9 Å². The van der Waals surface area contributed by atoms with E-state index < -0.39 is 12.0 Å². The molecule has 0 bridgehead atoms. The van der Waals surface area contributed by atoms with Crippen LogP contribution in [0.3, 0.4) is 0 Å². The predicted molar refractivity (Wildman–Crippen MR) is 234 cm³/mol. The molecule has 0 aromatic heterocycles. The molecule has 0 rings (SSSR count). The third kappa shape index (κ3) is 39.1. The molecule has 0 radical (unpaired) electrons. The summed E-state index contributed by atoms with van der Waals surface area (Å²) in [5.74, 6) is -1.34. The highest BCUT2D eigenvalue weighted by atomic mass is 16.5. The molecule has 55 heavy (non-hydrogen) atoms. The zero-order valence-electron chi connectivity index (χ0n) is 35.5. The van der Waals surface area contributed by atoms with E-state index >= 15 is 0 Å². The predicted octanol–water partition coefficient (Wildman–Crippen LogP) is 13.0. The van der Waals surface area contributed by atoms with Gasteiger partial charge in [0.25, 0.3) is 0 Å². The second-order valence-corrected chi connectivity index (χ2v) is 15.1. The van der Waals surface area contributed by atoms with Gasteiger partial charge in [-0.25, -0.2) is 4.79 Å². The first-order chi connectivity index (χ1) is 26.9. The molecule has 7 nitrogen and oxygen atoms in total. The van der Waals surface area contributed by atoms with Gasteiger partial charge in [0.2, 0.25) is 5.91 Å². The molecule has 0 aliphatic heterocycles. The van der Waals surface area contributed by atoms with Crippen LogP contribution in [-0.4, -0.2) is 41.6 Å². The van der Waals surface area contributed by atoms with Crippen LogP contribution >= 0.6 is 0 Å². The minimum absolute atomic E-state index is 0.104. The summed E-state index contributed by atoms with van der Waals surface area (Å²) in [4.78, 5) is 36.4. The van der Waals surface area contributed by atoms with Gasteiger partial charge in [0.05, 0.1) is 0 Å². The lowest BCUT2D eigenvalue weighted by atomic mass is 10.1. The smallest absolute Gasteiger partial charge is 0.326 e. The van der Waals surface area contributed by atoms with Gasteiger partial charge in [0.1, 0.15) is 12.1 Å². The van der Waals surface area contributed by atoms with Gasteiger partial charge in [-0.2, -0.15) is 0 Å². The van der Waals surface area contributed by atoms with E-state index in [2.05, 4.69) is 73.8 Å². The van der Waals surface area contributed by atoms with E-state index in [0.29, 0.717) is 32.2 Å². The van der Waals surface area contributed by atoms with Crippen molar-refractivity contribution in [1.82, 2.24) is 5.32 Å². The lowest BCUT2D eigenvalue weighted by Gasteiger charge is -2.15. The number of carboxylic acids is 1. The van der Waals surface area contributed by atoms with Crippen molar-refractivity contribution in [1.29, 1.82) is 0 Å². The number of nitrogens with one attached hydrogen (secondary N) is 1. The highest BCUT2D eigenvalue weighted by molar-refractivity contribution is 5.83. The molecule has 1 amide bonds. The minimum atomic E-state index is -1.01. The third-order valence-electron chi connectivity index (χ3n) is 9.80. The molecule has 7 heteroatoms. The Balaban J connectivity index is 4.37. The molecule has 0 heterocycles. The van der Waals surface area contributed by atoms with Gasteiger partial charge < -0.3 is 20.9 Å². The van der Waals surface area contributed by atoms with Gasteiger partial charge >= 0.3 is 11.9 Å². The highest BCUT2D eigenvalue weighted by Gasteiger charge is 2.18. The van der Waals surface area contributed by atoms with Gasteiger partial charge in [-0.05, 0) is 103 Å². The number of ether oxygens (including phenoxy) is 1. The van der Waals surface area contributed by atoms with E-state index in [4.69, 9.17) is 10.5 Å². The van der Waals surface area contributed by atoms with Crippen molar-refractivity contribution < 1.29 is 24.2 Å². The number of carbonyl (C=O) groups is 3. The molecular formula is C48H84N2O5. The van der Waals surface area contributed by atoms with Crippen LogP contribution in [0.2, 0.25) is 0 Å². The summed E-state index contributed by atoms with van der Waals surface area (Å²) in [6.45, 7) is 4.82. The summed E-state index contributed by atoms with van der Waals surface area (Å²) in [6.07, 6.45) is 52.9. The zero-order chi connectivity index (χ0) is 40.3. The quantitative estimate of drug-likeness (QED) is 0.0324. The standard InChI is InChI=1S/C48H84N2O5/c1-3-5-7-9-11-13-15-16-17-18-19-20-21-23-25-27-32-36-42-47(52)55-44(38-33-29-26-24-22-14-12-10-8-6-4-2)39-34-30-28-31-35-41-46(51)50-45(48(53)54)40-37-43-49/h6,8,12,14,17-18,24,26,33,38,44-45H,3-5,7,9-11,13,15-16,19-23,25,27-32,34-37,39-43,49H2,1-2H3,(H,50,51)(H,53,54)/b8-6-,14-12-,18-17-,26-24-,38-33-. The molecule has 0 spiro atoms. The Morgan fingerprint density at radius 1 is 0.564 bits per heavy atom. The van der Waals surface area contributed by atoms with Gasteiger partial charge in [0.15, 0.2) is 0 Å². The molecule has 0 saturated carbocycles. The number of nitrogens with two attached hydrogens (primary N) is 1. The van der Waals surface area contributed by atoms with Crippen molar-refractivity contribution in [2.75, 3.05) is 6.54 Å². The number of rotatable bonds is 40. The average molecular weight is 769 g/mol. The zero-order valence-corrected chi connectivity index (χ0v) is 35.5. The maximum absolute atomic E-state index is 12.8. The molecule has 0 aromatic rings. The van der Waals surface area contributed by atoms with Crippen LogP contribution in [0, 0.1) is 0 Å². The largest absolute Gasteiger partial charge is 0.480 e. The fraction of sp³-hybridized carbons (Fsp3) is 0.729. The van der Waals surface area contributed by atoms with Crippen molar-refractivity contribution in [3.63, 3.8) is 0 Å². The summed E-state index contributed by atoms with van der Waals surface area (Å²) in [6, 6.07) is -0.870. The normalized spacial score (nSPS) is 13.2. The van der Waals surface area contributed by atoms with Gasteiger partial charge in [-0.3, -0.25) is 9.59 Å². The maximum atomic E-state index is 12.8. The van der Waals surface area contributed by atoms with E-state index in [-0.39, 0.29) is 18.0 Å². The SMILES string of the molecule is CC/C=C\C/C=C\C/C=C\C/C=C\C(CCCCCCCC(=O)NC(CCCN)C(=O)O)OC(=O)CCCCCCCCC/C=C\CCCCCCCCC. The van der Waals surface area contributed by atoms with E-state index in [1.807, 2.05) is 6.08 Å². The topological polar surface area (TPSA) is 119 Å². The van der Waals surface area contributed by atoms with Crippen LogP contribution in [0.25, 0.3) is 0 Å². The second kappa shape index (κ2) is 42.2. The summed E-state index contributed by atoms with van der Waals surface area (Å²) < 4.78 is 5.94. The van der Waals surface area contributed by atoms with Crippen molar-refractivity contribution >= 4 is 17.8 Å². The first-order valence-electron chi connectivity index (χ1n) is 22.6. The van der Waals surface area contributed by atoms with Crippen molar-refractivity contribution in [3.8, 4) is 0 Å². The highest BCUT2D eigenvalue weighted by Crippen LogP contribution is 2.16. The molecule has 0 aromatic carbocycles. The van der Waals surface area contributed by atoms with Crippen LogP contribution in [0.1, 0.15) is 206 Å². The van der Waals surface area contributed by atoms with E-state index in [9.17, 15) is 19.5 Å². The number of amides is 1. The first kappa shape index (κ1) is 52.1. The third-order valence-corrected chi connectivity index (χ3v) is 9.80. The Hall–Kier alpha value is -2.93. The number of hydrogen-bond acceptors (Lipinski definition) is 5. The number of carbonyl (C=O) groups excluding carboxylic acids is 2. The van der Waals surface area contributed by atoms with E-state index in [1.54, 1.807) is 0 Å². The lowest BCUT2D eigenvalue weighted by molar-refractivity contribution is -0.147. The molecule has 2 atom stereocenters. The van der Waals surface area contributed by atoms with Crippen LogP contribution in [0.4, 0.5) is 0 Å². The van der Waals surface area contributed by atoms with Gasteiger partial charge in [0, 0.05) is 12.8 Å². The van der Waals surface area contributed by atoms with Gasteiger partial charge in [-0.1, -0.05) is 158 Å². The Morgan fingerprint density at radius 3 is 1.60 bits per heavy atom. The molecule has 316 valence electrons. The minimum Gasteiger partial charge on any atom is -0.480 e. The Labute approximate surface area is 338 Å². The van der Waals surface area contributed by atoms with Crippen LogP contribution in [-0.2, 0) is 19.1 Å². The molecule has 0 aliphatic carbocycles. The summed E-state index contributed by atoms with van der Waals surface area (Å²) >= 11 is 0. The first-order valence-corrected chi connectivity index (χ1v) is 22.6. The average Bonchev–Trinajstić information content (AvgIpc) is 3.17. The molecular weight excluding hydrogens is 685 g/mol. The summed E-state index contributed by atoms with van der Waals surface area (Å²) in [7, 11) is 0. The van der Waals surface area contributed by atoms with Gasteiger partial charge in [-0.15, -0.1) is 0 Å². The van der Waals surface area contributed by atoms with Crippen molar-refractivity contribution in [3.05, 3.63) is 60.8 Å². The summed E-state index contributed by atoms with van der Waals surface area (Å²) in [5.41, 5.74) is 5.48. The number of hydrogen-bond donors (Lipinski definition) is 3. The van der Waals surface area contributed by atoms with Crippen LogP contribution in [0.15, 0.2) is 60.8 Å². The molecule has 4 N–H and O–H groups in total. The fourth-order valence-electron chi connectivity index (χ4n) is 6.41. The number of carboxylic acid groups (broad SMARTS) is 1. The van der Waals surface area contributed by atoms with Crippen LogP contribution < -0.4 is 11.1 Å².